The molecule has 0 aliphatic heterocycles. The second-order valence-corrected chi connectivity index (χ2v) is 5.05. The van der Waals surface area contributed by atoms with Crippen LogP contribution in [0.25, 0.3) is 0 Å². The topological polar surface area (TPSA) is 83.8 Å². The van der Waals surface area contributed by atoms with Crippen LogP contribution in [0.1, 0.15) is 20.8 Å². The molecule has 0 aliphatic carbocycles. The molecule has 0 aromatic heterocycles. The second-order valence-electron chi connectivity index (χ2n) is 3.41. The third-order valence-corrected chi connectivity index (χ3v) is 1.43. The maximum Gasteiger partial charge on any atom is 0.336 e. The summed E-state index contributed by atoms with van der Waals surface area (Å²) in [4.78, 5) is 27.6. The molecule has 0 saturated carbocycles. The molecule has 0 aromatic rings. The van der Waals surface area contributed by atoms with Crippen molar-refractivity contribution in [2.75, 3.05) is 6.16 Å². The lowest BCUT2D eigenvalue weighted by Gasteiger charge is -2.19. The van der Waals surface area contributed by atoms with Crippen molar-refractivity contribution >= 4 is 13.6 Å². The number of carbonyl (C=O) groups excluding carboxylic acids is 1. The summed E-state index contributed by atoms with van der Waals surface area (Å²) < 4.78 is 15.0. The molecule has 12 heavy (non-hydrogen) atoms. The number of rotatable bonds is 2. The van der Waals surface area contributed by atoms with Crippen molar-refractivity contribution in [1.29, 1.82) is 0 Å². The number of hydrogen-bond acceptors (Lipinski definition) is 3. The molecule has 0 atom stereocenters. The fourth-order valence-corrected chi connectivity index (χ4v) is 0.943. The fraction of sp³-hybridized carbons (Fsp3) is 0.833. The van der Waals surface area contributed by atoms with Crippen LogP contribution >= 0.6 is 7.60 Å². The third kappa shape index (κ3) is 7.72. The molecule has 0 amide bonds. The smallest absolute Gasteiger partial charge is 0.336 e. The van der Waals surface area contributed by atoms with E-state index in [4.69, 9.17) is 9.79 Å². The summed E-state index contributed by atoms with van der Waals surface area (Å²) in [5, 5.41) is 0. The monoisotopic (exact) mass is 196 g/mol. The lowest BCUT2D eigenvalue weighted by molar-refractivity contribution is -0.151. The Balaban J connectivity index is 4.01. The van der Waals surface area contributed by atoms with E-state index in [1.165, 1.54) is 0 Å². The zero-order valence-electron chi connectivity index (χ0n) is 7.27. The van der Waals surface area contributed by atoms with Gasteiger partial charge < -0.3 is 14.5 Å². The van der Waals surface area contributed by atoms with Gasteiger partial charge in [-0.3, -0.25) is 9.36 Å². The molecule has 0 unspecified atom stereocenters. The highest BCUT2D eigenvalue weighted by atomic mass is 31.2. The SMILES string of the molecule is CC(C)(C)OC(=O)CP(=O)(O)O. The van der Waals surface area contributed by atoms with Gasteiger partial charge in [0, 0.05) is 0 Å². The summed E-state index contributed by atoms with van der Waals surface area (Å²) in [7, 11) is -4.28. The maximum atomic E-state index is 10.8. The van der Waals surface area contributed by atoms with E-state index in [2.05, 4.69) is 4.74 Å². The van der Waals surface area contributed by atoms with Gasteiger partial charge >= 0.3 is 13.6 Å². The summed E-state index contributed by atoms with van der Waals surface area (Å²) in [5.74, 6) is -0.879. The van der Waals surface area contributed by atoms with Crippen molar-refractivity contribution in [2.24, 2.45) is 0 Å². The van der Waals surface area contributed by atoms with E-state index in [0.29, 0.717) is 0 Å². The minimum Gasteiger partial charge on any atom is -0.459 e. The Bertz CT molecular complexity index is 210. The number of hydrogen-bond donors (Lipinski definition) is 2. The number of ether oxygens (including phenoxy) is 1. The molecule has 0 aromatic carbocycles. The molecular formula is C6H13O5P. The zero-order chi connectivity index (χ0) is 9.99. The van der Waals surface area contributed by atoms with Crippen LogP contribution in [0.4, 0.5) is 0 Å². The Morgan fingerprint density at radius 3 is 2.08 bits per heavy atom. The number of esters is 1. The average molecular weight is 196 g/mol. The maximum absolute atomic E-state index is 10.8. The second kappa shape index (κ2) is 3.56. The van der Waals surface area contributed by atoms with Gasteiger partial charge in [0.1, 0.15) is 11.8 Å². The molecule has 6 heteroatoms. The van der Waals surface area contributed by atoms with Gasteiger partial charge in [0.25, 0.3) is 0 Å². The molecule has 0 saturated heterocycles. The van der Waals surface area contributed by atoms with Crippen LogP contribution in [-0.2, 0) is 14.1 Å². The molecule has 0 bridgehead atoms. The van der Waals surface area contributed by atoms with Crippen LogP contribution in [-0.4, -0.2) is 27.5 Å². The van der Waals surface area contributed by atoms with Gasteiger partial charge in [0.15, 0.2) is 0 Å². The van der Waals surface area contributed by atoms with E-state index in [9.17, 15) is 9.36 Å². The first-order valence-corrected chi connectivity index (χ1v) is 5.16. The third-order valence-electron chi connectivity index (χ3n) is 0.755. The van der Waals surface area contributed by atoms with Crippen LogP contribution < -0.4 is 0 Å². The fourth-order valence-electron chi connectivity index (χ4n) is 0.542. The molecule has 72 valence electrons. The predicted octanol–water partition coefficient (Wildman–Crippen LogP) is 0.506. The Hall–Kier alpha value is -0.380. The highest BCUT2D eigenvalue weighted by molar-refractivity contribution is 7.52. The molecular weight excluding hydrogens is 183 g/mol. The van der Waals surface area contributed by atoms with Crippen LogP contribution in [0.5, 0.6) is 0 Å². The van der Waals surface area contributed by atoms with Crippen molar-refractivity contribution < 1.29 is 23.9 Å². The van der Waals surface area contributed by atoms with Crippen molar-refractivity contribution in [3.8, 4) is 0 Å². The van der Waals surface area contributed by atoms with E-state index >= 15 is 0 Å². The molecule has 0 heterocycles. The van der Waals surface area contributed by atoms with Crippen LogP contribution in [0.15, 0.2) is 0 Å². The van der Waals surface area contributed by atoms with Crippen LogP contribution in [0.3, 0.4) is 0 Å². The van der Waals surface area contributed by atoms with Gasteiger partial charge in [0.05, 0.1) is 0 Å². The number of carbonyl (C=O) groups is 1. The van der Waals surface area contributed by atoms with Gasteiger partial charge in [-0.05, 0) is 20.8 Å². The lowest BCUT2D eigenvalue weighted by atomic mass is 10.2. The van der Waals surface area contributed by atoms with Crippen molar-refractivity contribution in [3.63, 3.8) is 0 Å². The molecule has 0 rings (SSSR count). The molecule has 0 fully saturated rings. The Labute approximate surface area is 70.9 Å². The zero-order valence-corrected chi connectivity index (χ0v) is 8.17. The molecule has 0 radical (unpaired) electrons. The van der Waals surface area contributed by atoms with Gasteiger partial charge in [-0.1, -0.05) is 0 Å². The summed E-state index contributed by atoms with van der Waals surface area (Å²) in [6, 6.07) is 0. The van der Waals surface area contributed by atoms with Crippen molar-refractivity contribution in [1.82, 2.24) is 0 Å². The largest absolute Gasteiger partial charge is 0.459 e. The van der Waals surface area contributed by atoms with E-state index < -0.39 is 25.3 Å². The van der Waals surface area contributed by atoms with E-state index in [-0.39, 0.29) is 0 Å². The Morgan fingerprint density at radius 2 is 1.83 bits per heavy atom. The summed E-state index contributed by atoms with van der Waals surface area (Å²) in [5.41, 5.74) is -0.702. The van der Waals surface area contributed by atoms with Crippen LogP contribution in [0, 0.1) is 0 Å². The predicted molar refractivity (Wildman–Crippen MR) is 42.8 cm³/mol. The summed E-state index contributed by atoms with van der Waals surface area (Å²) in [6.45, 7) is 4.89. The minimum atomic E-state index is -4.28. The summed E-state index contributed by atoms with van der Waals surface area (Å²) >= 11 is 0. The average Bonchev–Trinajstić information content (AvgIpc) is 1.49. The van der Waals surface area contributed by atoms with Gasteiger partial charge in [-0.25, -0.2) is 0 Å². The van der Waals surface area contributed by atoms with Gasteiger partial charge in [0.2, 0.25) is 0 Å². The van der Waals surface area contributed by atoms with Gasteiger partial charge in [-0.2, -0.15) is 0 Å². The van der Waals surface area contributed by atoms with Crippen LogP contribution in [0.2, 0.25) is 0 Å². The first kappa shape index (κ1) is 11.6. The van der Waals surface area contributed by atoms with E-state index in [1.807, 2.05) is 0 Å². The van der Waals surface area contributed by atoms with Crippen molar-refractivity contribution in [2.45, 2.75) is 26.4 Å². The molecule has 0 aliphatic rings. The standard InChI is InChI=1S/C6H13O5P/c1-6(2,3)11-5(7)4-12(8,9)10/h4H2,1-3H3,(H2,8,9,10). The highest BCUT2D eigenvalue weighted by Gasteiger charge is 2.24. The first-order chi connectivity index (χ1) is 5.10. The normalized spacial score (nSPS) is 12.8. The minimum absolute atomic E-state index is 0.702. The molecule has 0 spiro atoms. The quantitative estimate of drug-likeness (QED) is 0.496. The Morgan fingerprint density at radius 1 is 1.42 bits per heavy atom. The van der Waals surface area contributed by atoms with Crippen molar-refractivity contribution in [3.05, 3.63) is 0 Å². The Kier molecular flexibility index (Phi) is 3.45. The first-order valence-electron chi connectivity index (χ1n) is 3.36. The molecule has 5 nitrogen and oxygen atoms in total. The van der Waals surface area contributed by atoms with E-state index in [0.717, 1.165) is 0 Å². The molecule has 2 N–H and O–H groups in total. The van der Waals surface area contributed by atoms with Gasteiger partial charge in [-0.15, -0.1) is 0 Å². The highest BCUT2D eigenvalue weighted by Crippen LogP contribution is 2.34. The van der Waals surface area contributed by atoms with E-state index in [1.54, 1.807) is 20.8 Å². The lowest BCUT2D eigenvalue weighted by Crippen LogP contribution is -2.25. The summed E-state index contributed by atoms with van der Waals surface area (Å²) in [6.07, 6.45) is -0.857.